The van der Waals surface area contributed by atoms with Gasteiger partial charge in [-0.15, -0.1) is 0 Å². The maximum Gasteiger partial charge on any atom is 0.306 e. The molecule has 1 rings (SSSR count). The van der Waals surface area contributed by atoms with E-state index in [0.717, 1.165) is 44.1 Å². The van der Waals surface area contributed by atoms with Crippen LogP contribution in [-0.2, 0) is 23.8 Å². The highest BCUT2D eigenvalue weighted by Crippen LogP contribution is 2.14. The lowest BCUT2D eigenvalue weighted by Crippen LogP contribution is -2.22. The summed E-state index contributed by atoms with van der Waals surface area (Å²) in [5.74, 6) is -0.381. The van der Waals surface area contributed by atoms with Gasteiger partial charge in [-0.3, -0.25) is 8.98 Å². The van der Waals surface area contributed by atoms with Crippen LogP contribution in [0, 0.1) is 6.92 Å². The molecule has 0 aliphatic carbocycles. The van der Waals surface area contributed by atoms with E-state index in [1.807, 2.05) is 19.1 Å². The highest BCUT2D eigenvalue weighted by atomic mass is 32.2. The lowest BCUT2D eigenvalue weighted by Gasteiger charge is -2.13. The molecule has 0 amide bonds. The lowest BCUT2D eigenvalue weighted by molar-refractivity contribution is -0.149. The largest absolute Gasteiger partial charge is 0.460 e. The number of hydrogen-bond acceptors (Lipinski definition) is 5. The molecule has 208 valence electrons. The van der Waals surface area contributed by atoms with Crippen LogP contribution in [0.2, 0.25) is 0 Å². The quantitative estimate of drug-likeness (QED) is 0.101. The van der Waals surface area contributed by atoms with Gasteiger partial charge in [-0.1, -0.05) is 97.5 Å². The first-order chi connectivity index (χ1) is 18.3. The van der Waals surface area contributed by atoms with Crippen LogP contribution < -0.4 is 0 Å². The molecule has 0 saturated heterocycles. The van der Waals surface area contributed by atoms with Crippen LogP contribution in [0.25, 0.3) is 0 Å². The standard InChI is InChI=1S/C32H44O5S/c1-4-5-6-7-8-9-10-11-12-13-14-15-16-17-18-19-20-21-22-23-32(33)37-30(3)28-36-38(34,35)31-26-24-29(2)25-27-31/h5-6,8-9,11-12,14-15,17-18,20-21,24-27,30H,4,7,10,13,16,19,22-23,28H2,1-3H3/b6-5-,9-8-,12-11-,15-14-,18-17-,21-20-/t30-/m0/s1. The number of esters is 1. The van der Waals surface area contributed by atoms with Crippen molar-refractivity contribution in [3.8, 4) is 0 Å². The van der Waals surface area contributed by atoms with Crippen LogP contribution in [0.5, 0.6) is 0 Å². The summed E-state index contributed by atoms with van der Waals surface area (Å²) in [4.78, 5) is 12.1. The third-order valence-electron chi connectivity index (χ3n) is 5.21. The minimum atomic E-state index is -3.87. The second-order valence-corrected chi connectivity index (χ2v) is 10.4. The van der Waals surface area contributed by atoms with Gasteiger partial charge in [0.2, 0.25) is 0 Å². The molecule has 1 aromatic carbocycles. The van der Waals surface area contributed by atoms with Crippen LogP contribution >= 0.6 is 0 Å². The molecular weight excluding hydrogens is 496 g/mol. The van der Waals surface area contributed by atoms with Gasteiger partial charge in [0.1, 0.15) is 12.7 Å². The molecule has 0 spiro atoms. The Kier molecular flexibility index (Phi) is 18.3. The van der Waals surface area contributed by atoms with Crippen molar-refractivity contribution in [1.29, 1.82) is 0 Å². The van der Waals surface area contributed by atoms with Crippen LogP contribution in [0.15, 0.2) is 102 Å². The normalized spacial score (nSPS) is 13.8. The van der Waals surface area contributed by atoms with Crippen molar-refractivity contribution in [3.63, 3.8) is 0 Å². The minimum Gasteiger partial charge on any atom is -0.460 e. The Morgan fingerprint density at radius 3 is 1.68 bits per heavy atom. The number of allylic oxidation sites excluding steroid dienone is 12. The van der Waals surface area contributed by atoms with Crippen molar-refractivity contribution in [2.24, 2.45) is 0 Å². The first-order valence-corrected chi connectivity index (χ1v) is 14.8. The van der Waals surface area contributed by atoms with Crippen molar-refractivity contribution >= 4 is 16.1 Å². The van der Waals surface area contributed by atoms with Gasteiger partial charge in [-0.05, 0) is 70.9 Å². The second-order valence-electron chi connectivity index (χ2n) is 8.81. The summed E-state index contributed by atoms with van der Waals surface area (Å²) in [6, 6.07) is 6.39. The molecule has 1 aromatic rings. The van der Waals surface area contributed by atoms with Crippen molar-refractivity contribution in [2.75, 3.05) is 6.61 Å². The predicted molar refractivity (Wildman–Crippen MR) is 157 cm³/mol. The number of ether oxygens (including phenoxy) is 1. The van der Waals surface area contributed by atoms with Gasteiger partial charge in [0.25, 0.3) is 10.1 Å². The van der Waals surface area contributed by atoms with E-state index in [1.54, 1.807) is 19.1 Å². The zero-order valence-corrected chi connectivity index (χ0v) is 23.9. The van der Waals surface area contributed by atoms with E-state index in [9.17, 15) is 13.2 Å². The molecule has 5 nitrogen and oxygen atoms in total. The van der Waals surface area contributed by atoms with Crippen LogP contribution in [0.1, 0.15) is 70.8 Å². The lowest BCUT2D eigenvalue weighted by atomic mass is 10.2. The van der Waals surface area contributed by atoms with Gasteiger partial charge >= 0.3 is 5.97 Å². The Bertz CT molecular complexity index is 1060. The zero-order chi connectivity index (χ0) is 27.9. The molecule has 1 atom stereocenters. The maximum absolute atomic E-state index is 12.2. The predicted octanol–water partition coefficient (Wildman–Crippen LogP) is 8.11. The van der Waals surface area contributed by atoms with Gasteiger partial charge in [-0.2, -0.15) is 8.42 Å². The summed E-state index contributed by atoms with van der Waals surface area (Å²) in [6.45, 7) is 5.41. The minimum absolute atomic E-state index is 0.0827. The van der Waals surface area contributed by atoms with Gasteiger partial charge in [0.05, 0.1) is 4.90 Å². The molecule has 6 heteroatoms. The number of hydrogen-bond donors (Lipinski definition) is 0. The van der Waals surface area contributed by atoms with Gasteiger partial charge in [0.15, 0.2) is 0 Å². The van der Waals surface area contributed by atoms with Gasteiger partial charge < -0.3 is 4.74 Å². The number of carbonyl (C=O) groups excluding carboxylic acids is 1. The van der Waals surface area contributed by atoms with Crippen molar-refractivity contribution in [1.82, 2.24) is 0 Å². The summed E-state index contributed by atoms with van der Waals surface area (Å²) >= 11 is 0. The number of benzene rings is 1. The van der Waals surface area contributed by atoms with Crippen LogP contribution in [0.4, 0.5) is 0 Å². The average molecular weight is 541 g/mol. The number of rotatable bonds is 19. The fourth-order valence-corrected chi connectivity index (χ4v) is 4.09. The Morgan fingerprint density at radius 2 is 1.21 bits per heavy atom. The van der Waals surface area contributed by atoms with Crippen molar-refractivity contribution in [3.05, 3.63) is 103 Å². The molecule has 0 bridgehead atoms. The van der Waals surface area contributed by atoms with E-state index in [0.29, 0.717) is 6.42 Å². The van der Waals surface area contributed by atoms with E-state index in [2.05, 4.69) is 67.7 Å². The average Bonchev–Trinajstić information content (AvgIpc) is 2.89. The zero-order valence-electron chi connectivity index (χ0n) is 23.1. The number of aryl methyl sites for hydroxylation is 1. The molecule has 38 heavy (non-hydrogen) atoms. The molecule has 0 aromatic heterocycles. The third kappa shape index (κ3) is 17.5. The molecule has 0 radical (unpaired) electrons. The highest BCUT2D eigenvalue weighted by Gasteiger charge is 2.18. The first-order valence-electron chi connectivity index (χ1n) is 13.4. The fraction of sp³-hybridized carbons (Fsp3) is 0.406. The van der Waals surface area contributed by atoms with Gasteiger partial charge in [0, 0.05) is 6.42 Å². The topological polar surface area (TPSA) is 69.7 Å². The molecule has 0 aliphatic rings. The van der Waals surface area contributed by atoms with Crippen molar-refractivity contribution in [2.45, 2.75) is 83.1 Å². The van der Waals surface area contributed by atoms with Crippen molar-refractivity contribution < 1.29 is 22.1 Å². The Hall–Kier alpha value is -2.96. The monoisotopic (exact) mass is 540 g/mol. The van der Waals surface area contributed by atoms with Crippen LogP contribution in [0.3, 0.4) is 0 Å². The van der Waals surface area contributed by atoms with E-state index < -0.39 is 16.2 Å². The summed E-state index contributed by atoms with van der Waals surface area (Å²) in [5, 5.41) is 0. The molecule has 0 heterocycles. The molecular formula is C32H44O5S. The molecule has 0 aliphatic heterocycles. The summed E-state index contributed by atoms with van der Waals surface area (Å²) in [5.41, 5.74) is 0.957. The summed E-state index contributed by atoms with van der Waals surface area (Å²) in [7, 11) is -3.87. The molecule has 0 N–H and O–H groups in total. The molecule has 0 unspecified atom stereocenters. The SMILES string of the molecule is CC/C=C\C/C=C\C/C=C\C/C=C\C/C=C\C/C=C\CCC(=O)O[C@@H](C)COS(=O)(=O)c1ccc(C)cc1. The van der Waals surface area contributed by atoms with E-state index >= 15 is 0 Å². The van der Waals surface area contributed by atoms with E-state index in [1.165, 1.54) is 12.1 Å². The fourth-order valence-electron chi connectivity index (χ4n) is 3.12. The second kappa shape index (κ2) is 21.0. The third-order valence-corrected chi connectivity index (χ3v) is 6.51. The smallest absolute Gasteiger partial charge is 0.306 e. The Morgan fingerprint density at radius 1 is 0.763 bits per heavy atom. The van der Waals surface area contributed by atoms with Gasteiger partial charge in [-0.25, -0.2) is 0 Å². The molecule has 0 saturated carbocycles. The molecule has 0 fully saturated rings. The van der Waals surface area contributed by atoms with E-state index in [-0.39, 0.29) is 23.9 Å². The highest BCUT2D eigenvalue weighted by molar-refractivity contribution is 7.86. The Balaban J connectivity index is 2.10. The van der Waals surface area contributed by atoms with Crippen LogP contribution in [-0.4, -0.2) is 27.1 Å². The van der Waals surface area contributed by atoms with E-state index in [4.69, 9.17) is 8.92 Å². The first kappa shape index (κ1) is 33.1. The maximum atomic E-state index is 12.2. The summed E-state index contributed by atoms with van der Waals surface area (Å²) in [6.07, 6.45) is 31.5. The summed E-state index contributed by atoms with van der Waals surface area (Å²) < 4.78 is 34.7. The Labute approximate surface area is 230 Å². The number of carbonyl (C=O) groups is 1.